The van der Waals surface area contributed by atoms with Crippen molar-refractivity contribution in [3.05, 3.63) is 53.4 Å². The highest BCUT2D eigenvalue weighted by Crippen LogP contribution is 2.22. The first-order valence-electron chi connectivity index (χ1n) is 7.25. The van der Waals surface area contributed by atoms with Crippen molar-refractivity contribution in [3.8, 4) is 5.69 Å². The lowest BCUT2D eigenvalue weighted by molar-refractivity contribution is -0.113. The number of carbonyl (C=O) groups is 1. The maximum atomic E-state index is 12.1. The molecule has 2 aromatic heterocycles. The van der Waals surface area contributed by atoms with Gasteiger partial charge in [-0.1, -0.05) is 29.4 Å². The molecule has 124 valence electrons. The molecule has 0 saturated carbocycles. The van der Waals surface area contributed by atoms with E-state index < -0.39 is 0 Å². The van der Waals surface area contributed by atoms with E-state index in [-0.39, 0.29) is 11.7 Å². The summed E-state index contributed by atoms with van der Waals surface area (Å²) in [7, 11) is 1.79. The molecule has 0 aliphatic carbocycles. The monoisotopic (exact) mass is 361 g/mol. The molecule has 0 aliphatic heterocycles. The smallest absolute Gasteiger partial charge is 0.235 e. The molecule has 0 bridgehead atoms. The molecule has 3 aromatic rings. The van der Waals surface area contributed by atoms with Crippen molar-refractivity contribution in [2.75, 3.05) is 11.1 Å². The zero-order valence-corrected chi connectivity index (χ0v) is 14.8. The minimum Gasteiger partial charge on any atom is -0.310 e. The number of thioether (sulfide) groups is 1. The average molecular weight is 362 g/mol. The minimum atomic E-state index is -0.108. The molecule has 1 amide bonds. The second-order valence-electron chi connectivity index (χ2n) is 5.19. The van der Waals surface area contributed by atoms with E-state index in [2.05, 4.69) is 15.4 Å². The van der Waals surface area contributed by atoms with Crippen LogP contribution in [0.4, 0.5) is 5.82 Å². The Bertz CT molecular complexity index is 873. The molecule has 0 aliphatic rings. The molecule has 2 heterocycles. The standard InChI is InChI=1S/C16H16ClN5OS/c1-11-8-14(21(2)20-11)19-15(23)10-24-16-18-6-7-22(16)13-5-3-4-12(17)9-13/h3-9H,10H2,1-2H3,(H,19,23). The fourth-order valence-corrected chi connectivity index (χ4v) is 3.21. The van der Waals surface area contributed by atoms with E-state index in [9.17, 15) is 4.79 Å². The number of rotatable bonds is 5. The Hall–Kier alpha value is -2.25. The molecule has 0 fully saturated rings. The topological polar surface area (TPSA) is 64.7 Å². The maximum absolute atomic E-state index is 12.1. The van der Waals surface area contributed by atoms with Crippen LogP contribution in [0.5, 0.6) is 0 Å². The minimum absolute atomic E-state index is 0.108. The summed E-state index contributed by atoms with van der Waals surface area (Å²) < 4.78 is 3.54. The second-order valence-corrected chi connectivity index (χ2v) is 6.57. The third-order valence-electron chi connectivity index (χ3n) is 3.29. The van der Waals surface area contributed by atoms with E-state index in [1.165, 1.54) is 11.8 Å². The number of amides is 1. The maximum Gasteiger partial charge on any atom is 0.235 e. The number of anilines is 1. The third-order valence-corrected chi connectivity index (χ3v) is 4.50. The molecular formula is C16H16ClN5OS. The molecule has 1 aromatic carbocycles. The summed E-state index contributed by atoms with van der Waals surface area (Å²) in [5.41, 5.74) is 1.77. The predicted molar refractivity (Wildman–Crippen MR) is 95.9 cm³/mol. The highest BCUT2D eigenvalue weighted by molar-refractivity contribution is 7.99. The van der Waals surface area contributed by atoms with Gasteiger partial charge in [-0.25, -0.2) is 4.98 Å². The summed E-state index contributed by atoms with van der Waals surface area (Å²) in [5, 5.41) is 8.43. The molecule has 0 unspecified atom stereocenters. The Morgan fingerprint density at radius 1 is 1.38 bits per heavy atom. The number of nitrogens with one attached hydrogen (secondary N) is 1. The largest absolute Gasteiger partial charge is 0.310 e. The summed E-state index contributed by atoms with van der Waals surface area (Å²) in [4.78, 5) is 16.4. The number of aromatic nitrogens is 4. The van der Waals surface area contributed by atoms with Crippen LogP contribution in [-0.2, 0) is 11.8 Å². The predicted octanol–water partition coefficient (Wildman–Crippen LogP) is 3.30. The number of nitrogens with zero attached hydrogens (tertiary/aromatic N) is 4. The van der Waals surface area contributed by atoms with Crippen molar-refractivity contribution in [1.29, 1.82) is 0 Å². The number of aryl methyl sites for hydroxylation is 2. The van der Waals surface area contributed by atoms with Gasteiger partial charge in [0.05, 0.1) is 11.4 Å². The van der Waals surface area contributed by atoms with Gasteiger partial charge in [0, 0.05) is 36.2 Å². The van der Waals surface area contributed by atoms with Gasteiger partial charge in [-0.2, -0.15) is 5.10 Å². The molecule has 0 atom stereocenters. The van der Waals surface area contributed by atoms with Gasteiger partial charge < -0.3 is 5.32 Å². The van der Waals surface area contributed by atoms with Crippen LogP contribution in [-0.4, -0.2) is 31.0 Å². The van der Waals surface area contributed by atoms with Gasteiger partial charge in [0.15, 0.2) is 5.16 Å². The average Bonchev–Trinajstić information content (AvgIpc) is 3.12. The van der Waals surface area contributed by atoms with Crippen LogP contribution in [0.3, 0.4) is 0 Å². The second kappa shape index (κ2) is 7.11. The summed E-state index contributed by atoms with van der Waals surface area (Å²) in [6.07, 6.45) is 3.54. The first kappa shape index (κ1) is 16.6. The molecule has 1 N–H and O–H groups in total. The number of carbonyl (C=O) groups excluding carboxylic acids is 1. The number of hydrogen-bond donors (Lipinski definition) is 1. The lowest BCUT2D eigenvalue weighted by Crippen LogP contribution is -2.16. The van der Waals surface area contributed by atoms with Crippen molar-refractivity contribution in [1.82, 2.24) is 19.3 Å². The number of benzene rings is 1. The van der Waals surface area contributed by atoms with Gasteiger partial charge in [-0.15, -0.1) is 0 Å². The van der Waals surface area contributed by atoms with Gasteiger partial charge in [-0.05, 0) is 25.1 Å². The Morgan fingerprint density at radius 2 is 2.21 bits per heavy atom. The van der Waals surface area contributed by atoms with Crippen LogP contribution in [0.15, 0.2) is 47.9 Å². The van der Waals surface area contributed by atoms with E-state index in [0.717, 1.165) is 16.5 Å². The fraction of sp³-hybridized carbons (Fsp3) is 0.188. The number of halogens is 1. The Kier molecular flexibility index (Phi) is 4.92. The zero-order chi connectivity index (χ0) is 17.1. The highest BCUT2D eigenvalue weighted by Gasteiger charge is 2.11. The molecule has 0 saturated heterocycles. The number of hydrogen-bond acceptors (Lipinski definition) is 4. The van der Waals surface area contributed by atoms with Crippen LogP contribution in [0.2, 0.25) is 5.02 Å². The van der Waals surface area contributed by atoms with Crippen LogP contribution < -0.4 is 5.32 Å². The fourth-order valence-electron chi connectivity index (χ4n) is 2.26. The lowest BCUT2D eigenvalue weighted by Gasteiger charge is -2.08. The normalized spacial score (nSPS) is 10.8. The van der Waals surface area contributed by atoms with Gasteiger partial charge in [0.2, 0.25) is 5.91 Å². The lowest BCUT2D eigenvalue weighted by atomic mass is 10.3. The summed E-state index contributed by atoms with van der Waals surface area (Å²) in [6.45, 7) is 1.88. The van der Waals surface area contributed by atoms with Gasteiger partial charge in [-0.3, -0.25) is 14.0 Å². The van der Waals surface area contributed by atoms with E-state index in [0.29, 0.717) is 10.8 Å². The Labute approximate surface area is 148 Å². The van der Waals surface area contributed by atoms with Crippen molar-refractivity contribution in [2.45, 2.75) is 12.1 Å². The van der Waals surface area contributed by atoms with Gasteiger partial charge in [0.1, 0.15) is 5.82 Å². The van der Waals surface area contributed by atoms with E-state index in [4.69, 9.17) is 11.6 Å². The third kappa shape index (κ3) is 3.80. The van der Waals surface area contributed by atoms with Crippen LogP contribution in [0.1, 0.15) is 5.69 Å². The SMILES string of the molecule is Cc1cc(NC(=O)CSc2nccn2-c2cccc(Cl)c2)n(C)n1. The molecule has 0 spiro atoms. The van der Waals surface area contributed by atoms with Crippen LogP contribution in [0.25, 0.3) is 5.69 Å². The van der Waals surface area contributed by atoms with E-state index in [1.54, 1.807) is 17.9 Å². The molecular weight excluding hydrogens is 346 g/mol. The summed E-state index contributed by atoms with van der Waals surface area (Å²) >= 11 is 7.40. The molecule has 0 radical (unpaired) electrons. The van der Waals surface area contributed by atoms with Crippen molar-refractivity contribution < 1.29 is 4.79 Å². The molecule has 24 heavy (non-hydrogen) atoms. The van der Waals surface area contributed by atoms with Crippen LogP contribution >= 0.6 is 23.4 Å². The van der Waals surface area contributed by atoms with E-state index in [1.807, 2.05) is 48.0 Å². The van der Waals surface area contributed by atoms with Gasteiger partial charge >= 0.3 is 0 Å². The van der Waals surface area contributed by atoms with Crippen molar-refractivity contribution in [2.24, 2.45) is 7.05 Å². The Morgan fingerprint density at radius 3 is 2.92 bits per heavy atom. The van der Waals surface area contributed by atoms with Crippen LogP contribution in [0, 0.1) is 6.92 Å². The first-order chi connectivity index (χ1) is 11.5. The number of imidazole rings is 1. The molecule has 6 nitrogen and oxygen atoms in total. The van der Waals surface area contributed by atoms with Crippen molar-refractivity contribution in [3.63, 3.8) is 0 Å². The molecule has 8 heteroatoms. The van der Waals surface area contributed by atoms with Gasteiger partial charge in [0.25, 0.3) is 0 Å². The quantitative estimate of drug-likeness (QED) is 0.708. The zero-order valence-electron chi connectivity index (χ0n) is 13.2. The highest BCUT2D eigenvalue weighted by atomic mass is 35.5. The summed E-state index contributed by atoms with van der Waals surface area (Å²) in [6, 6.07) is 9.32. The molecule has 3 rings (SSSR count). The Balaban J connectivity index is 1.66. The van der Waals surface area contributed by atoms with E-state index >= 15 is 0 Å². The van der Waals surface area contributed by atoms with Crippen molar-refractivity contribution >= 4 is 35.1 Å². The summed E-state index contributed by atoms with van der Waals surface area (Å²) in [5.74, 6) is 0.821. The first-order valence-corrected chi connectivity index (χ1v) is 8.62.